The summed E-state index contributed by atoms with van der Waals surface area (Å²) in [5, 5.41) is 1.19. The summed E-state index contributed by atoms with van der Waals surface area (Å²) in [6.45, 7) is 4.11. The van der Waals surface area contributed by atoms with Gasteiger partial charge in [-0.25, -0.2) is 9.97 Å². The Labute approximate surface area is 84.0 Å². The zero-order valence-electron chi connectivity index (χ0n) is 8.62. The van der Waals surface area contributed by atoms with Crippen molar-refractivity contribution in [1.29, 1.82) is 0 Å². The molecule has 0 aliphatic carbocycles. The van der Waals surface area contributed by atoms with Crippen LogP contribution in [0.2, 0.25) is 0 Å². The second-order valence-corrected chi connectivity index (χ2v) is 3.52. The van der Waals surface area contributed by atoms with Crippen LogP contribution in [0.25, 0.3) is 10.9 Å². The molecule has 0 amide bonds. The molecule has 0 saturated heterocycles. The van der Waals surface area contributed by atoms with Gasteiger partial charge in [-0.2, -0.15) is 0 Å². The Morgan fingerprint density at radius 3 is 2.93 bits per heavy atom. The molecule has 0 atom stereocenters. The highest BCUT2D eigenvalue weighted by atomic mass is 14.9. The van der Waals surface area contributed by atoms with Gasteiger partial charge in [0.2, 0.25) is 0 Å². The van der Waals surface area contributed by atoms with Gasteiger partial charge in [0, 0.05) is 11.6 Å². The molecule has 0 unspecified atom stereocenters. The second-order valence-electron chi connectivity index (χ2n) is 3.52. The Balaban J connectivity index is 2.62. The highest BCUT2D eigenvalue weighted by molar-refractivity contribution is 5.81. The average Bonchev–Trinajstić information content (AvgIpc) is 2.18. The predicted molar refractivity (Wildman–Crippen MR) is 58.3 cm³/mol. The summed E-state index contributed by atoms with van der Waals surface area (Å²) >= 11 is 0. The van der Waals surface area contributed by atoms with Crippen molar-refractivity contribution in [2.75, 3.05) is 0 Å². The first kappa shape index (κ1) is 9.13. The second kappa shape index (κ2) is 3.74. The summed E-state index contributed by atoms with van der Waals surface area (Å²) in [5.41, 5.74) is 2.41. The number of aromatic nitrogens is 2. The number of rotatable bonds is 2. The van der Waals surface area contributed by atoms with Crippen LogP contribution < -0.4 is 0 Å². The molecule has 1 aromatic carbocycles. The number of hydrogen-bond donors (Lipinski definition) is 0. The van der Waals surface area contributed by atoms with Crippen LogP contribution >= 0.6 is 0 Å². The zero-order valence-corrected chi connectivity index (χ0v) is 8.62. The van der Waals surface area contributed by atoms with Crippen LogP contribution in [-0.4, -0.2) is 9.97 Å². The van der Waals surface area contributed by atoms with Gasteiger partial charge in [-0.05, 0) is 25.0 Å². The van der Waals surface area contributed by atoms with Gasteiger partial charge >= 0.3 is 0 Å². The fourth-order valence-electron chi connectivity index (χ4n) is 1.69. The van der Waals surface area contributed by atoms with Gasteiger partial charge in [0.05, 0.1) is 5.52 Å². The van der Waals surface area contributed by atoms with Crippen molar-refractivity contribution >= 4 is 10.9 Å². The van der Waals surface area contributed by atoms with Crippen LogP contribution in [0.4, 0.5) is 0 Å². The van der Waals surface area contributed by atoms with Crippen LogP contribution in [0.3, 0.4) is 0 Å². The van der Waals surface area contributed by atoms with E-state index in [1.54, 1.807) is 0 Å². The first-order chi connectivity index (χ1) is 6.81. The van der Waals surface area contributed by atoms with Gasteiger partial charge < -0.3 is 0 Å². The maximum Gasteiger partial charge on any atom is 0.125 e. The molecule has 0 bridgehead atoms. The number of hydrogen-bond acceptors (Lipinski definition) is 2. The number of aryl methyl sites for hydroxylation is 2. The van der Waals surface area contributed by atoms with E-state index in [9.17, 15) is 0 Å². The van der Waals surface area contributed by atoms with Crippen LogP contribution in [0.5, 0.6) is 0 Å². The molecule has 0 saturated carbocycles. The quantitative estimate of drug-likeness (QED) is 0.720. The van der Waals surface area contributed by atoms with Gasteiger partial charge in [0.15, 0.2) is 0 Å². The van der Waals surface area contributed by atoms with E-state index in [-0.39, 0.29) is 0 Å². The minimum atomic E-state index is 0.839. The summed E-state index contributed by atoms with van der Waals surface area (Å²) < 4.78 is 0. The third-order valence-corrected chi connectivity index (χ3v) is 2.36. The lowest BCUT2D eigenvalue weighted by Gasteiger charge is -2.04. The lowest BCUT2D eigenvalue weighted by molar-refractivity contribution is 0.927. The molecule has 0 radical (unpaired) electrons. The van der Waals surface area contributed by atoms with E-state index in [1.807, 2.05) is 19.2 Å². The first-order valence-electron chi connectivity index (χ1n) is 5.02. The summed E-state index contributed by atoms with van der Waals surface area (Å²) in [6.07, 6.45) is 4.19. The molecular formula is C12H14N2. The SMILES string of the molecule is CCCc1cccc2nc(C)ncc12. The van der Waals surface area contributed by atoms with Crippen molar-refractivity contribution in [3.05, 3.63) is 35.8 Å². The van der Waals surface area contributed by atoms with Gasteiger partial charge in [0.25, 0.3) is 0 Å². The van der Waals surface area contributed by atoms with E-state index in [2.05, 4.69) is 29.0 Å². The Hall–Kier alpha value is -1.44. The molecule has 2 nitrogen and oxygen atoms in total. The van der Waals surface area contributed by atoms with Crippen molar-refractivity contribution in [1.82, 2.24) is 9.97 Å². The van der Waals surface area contributed by atoms with Gasteiger partial charge in [-0.3, -0.25) is 0 Å². The molecule has 2 heteroatoms. The number of fused-ring (bicyclic) bond motifs is 1. The molecule has 2 rings (SSSR count). The van der Waals surface area contributed by atoms with Crippen LogP contribution in [0.15, 0.2) is 24.4 Å². The van der Waals surface area contributed by atoms with Crippen molar-refractivity contribution < 1.29 is 0 Å². The highest BCUT2D eigenvalue weighted by Gasteiger charge is 2.01. The number of benzene rings is 1. The highest BCUT2D eigenvalue weighted by Crippen LogP contribution is 2.17. The molecule has 1 aromatic heterocycles. The molecule has 0 aliphatic rings. The molecule has 2 aromatic rings. The predicted octanol–water partition coefficient (Wildman–Crippen LogP) is 2.89. The molecule has 0 fully saturated rings. The summed E-state index contributed by atoms with van der Waals surface area (Å²) in [5.74, 6) is 0.839. The smallest absolute Gasteiger partial charge is 0.125 e. The normalized spacial score (nSPS) is 10.7. The van der Waals surface area contributed by atoms with E-state index in [4.69, 9.17) is 0 Å². The Morgan fingerprint density at radius 2 is 2.14 bits per heavy atom. The van der Waals surface area contributed by atoms with E-state index in [0.717, 1.165) is 24.2 Å². The Morgan fingerprint density at radius 1 is 1.29 bits per heavy atom. The topological polar surface area (TPSA) is 25.8 Å². The molecule has 1 heterocycles. The maximum absolute atomic E-state index is 4.41. The van der Waals surface area contributed by atoms with Crippen LogP contribution in [0.1, 0.15) is 24.7 Å². The third-order valence-electron chi connectivity index (χ3n) is 2.36. The van der Waals surface area contributed by atoms with Crippen LogP contribution in [0, 0.1) is 6.92 Å². The van der Waals surface area contributed by atoms with Gasteiger partial charge in [0.1, 0.15) is 5.82 Å². The fourth-order valence-corrected chi connectivity index (χ4v) is 1.69. The van der Waals surface area contributed by atoms with Crippen molar-refractivity contribution in [3.8, 4) is 0 Å². The van der Waals surface area contributed by atoms with Crippen LogP contribution in [-0.2, 0) is 6.42 Å². The molecular weight excluding hydrogens is 172 g/mol. The molecule has 0 spiro atoms. The summed E-state index contributed by atoms with van der Waals surface area (Å²) in [6, 6.07) is 6.27. The molecule has 0 aliphatic heterocycles. The van der Waals surface area contributed by atoms with Crippen molar-refractivity contribution in [2.45, 2.75) is 26.7 Å². The fraction of sp³-hybridized carbons (Fsp3) is 0.333. The van der Waals surface area contributed by atoms with Gasteiger partial charge in [-0.1, -0.05) is 25.5 Å². The minimum absolute atomic E-state index is 0.839. The number of nitrogens with zero attached hydrogens (tertiary/aromatic N) is 2. The molecule has 0 N–H and O–H groups in total. The molecule has 14 heavy (non-hydrogen) atoms. The Kier molecular flexibility index (Phi) is 2.44. The Bertz CT molecular complexity index is 449. The standard InChI is InChI=1S/C12H14N2/c1-3-5-10-6-4-7-12-11(10)8-13-9(2)14-12/h4,6-8H,3,5H2,1-2H3. The van der Waals surface area contributed by atoms with E-state index < -0.39 is 0 Å². The lowest BCUT2D eigenvalue weighted by atomic mass is 10.1. The average molecular weight is 186 g/mol. The minimum Gasteiger partial charge on any atom is -0.241 e. The van der Waals surface area contributed by atoms with E-state index >= 15 is 0 Å². The molecule has 72 valence electrons. The van der Waals surface area contributed by atoms with E-state index in [1.165, 1.54) is 10.9 Å². The first-order valence-corrected chi connectivity index (χ1v) is 5.02. The maximum atomic E-state index is 4.41. The van der Waals surface area contributed by atoms with Crippen molar-refractivity contribution in [2.24, 2.45) is 0 Å². The third kappa shape index (κ3) is 1.60. The van der Waals surface area contributed by atoms with Gasteiger partial charge in [-0.15, -0.1) is 0 Å². The zero-order chi connectivity index (χ0) is 9.97. The van der Waals surface area contributed by atoms with E-state index in [0.29, 0.717) is 0 Å². The summed E-state index contributed by atoms with van der Waals surface area (Å²) in [4.78, 5) is 8.65. The largest absolute Gasteiger partial charge is 0.241 e. The summed E-state index contributed by atoms with van der Waals surface area (Å²) in [7, 11) is 0. The lowest BCUT2D eigenvalue weighted by Crippen LogP contribution is -1.92. The monoisotopic (exact) mass is 186 g/mol. The van der Waals surface area contributed by atoms with Crippen molar-refractivity contribution in [3.63, 3.8) is 0 Å².